The highest BCUT2D eigenvalue weighted by molar-refractivity contribution is 5.97. The standard InChI is InChI=1S/C13H16O4/c1-3-4-5-9-6-7-10(12(14)15)8(2)11(9)13(16)17/h6-7H,3-5H2,1-2H3,(H,14,15)(H,16,17). The van der Waals surface area contributed by atoms with E-state index in [1.807, 2.05) is 6.92 Å². The number of carboxylic acid groups (broad SMARTS) is 2. The summed E-state index contributed by atoms with van der Waals surface area (Å²) >= 11 is 0. The van der Waals surface area contributed by atoms with Crippen LogP contribution in [0.4, 0.5) is 0 Å². The van der Waals surface area contributed by atoms with Crippen molar-refractivity contribution in [1.29, 1.82) is 0 Å². The van der Waals surface area contributed by atoms with E-state index in [-0.39, 0.29) is 11.1 Å². The Morgan fingerprint density at radius 2 is 1.82 bits per heavy atom. The Morgan fingerprint density at radius 3 is 2.29 bits per heavy atom. The summed E-state index contributed by atoms with van der Waals surface area (Å²) < 4.78 is 0. The summed E-state index contributed by atoms with van der Waals surface area (Å²) in [5.74, 6) is -2.15. The van der Waals surface area contributed by atoms with Gasteiger partial charge in [-0.25, -0.2) is 9.59 Å². The minimum Gasteiger partial charge on any atom is -0.478 e. The van der Waals surface area contributed by atoms with E-state index in [0.717, 1.165) is 12.8 Å². The fraction of sp³-hybridized carbons (Fsp3) is 0.385. The molecule has 1 rings (SSSR count). The highest BCUT2D eigenvalue weighted by atomic mass is 16.4. The van der Waals surface area contributed by atoms with Gasteiger partial charge >= 0.3 is 11.9 Å². The molecule has 0 saturated heterocycles. The predicted molar refractivity (Wildman–Crippen MR) is 63.7 cm³/mol. The first-order chi connectivity index (χ1) is 7.99. The van der Waals surface area contributed by atoms with Crippen molar-refractivity contribution >= 4 is 11.9 Å². The van der Waals surface area contributed by atoms with Gasteiger partial charge in [0.1, 0.15) is 0 Å². The molecular formula is C13H16O4. The van der Waals surface area contributed by atoms with Crippen LogP contribution in [0.25, 0.3) is 0 Å². The summed E-state index contributed by atoms with van der Waals surface area (Å²) in [5.41, 5.74) is 1.24. The molecule has 1 aromatic carbocycles. The Balaban J connectivity index is 3.29. The molecule has 0 spiro atoms. The quantitative estimate of drug-likeness (QED) is 0.824. The summed E-state index contributed by atoms with van der Waals surface area (Å²) in [5, 5.41) is 18.1. The molecular weight excluding hydrogens is 220 g/mol. The molecule has 0 aliphatic carbocycles. The zero-order valence-electron chi connectivity index (χ0n) is 9.99. The first-order valence-electron chi connectivity index (χ1n) is 5.58. The number of rotatable bonds is 5. The van der Waals surface area contributed by atoms with Gasteiger partial charge in [-0.15, -0.1) is 0 Å². The highest BCUT2D eigenvalue weighted by Crippen LogP contribution is 2.20. The molecule has 0 heterocycles. The number of aryl methyl sites for hydroxylation is 1. The van der Waals surface area contributed by atoms with Crippen molar-refractivity contribution in [3.63, 3.8) is 0 Å². The smallest absolute Gasteiger partial charge is 0.336 e. The lowest BCUT2D eigenvalue weighted by molar-refractivity contribution is 0.0695. The van der Waals surface area contributed by atoms with Gasteiger partial charge < -0.3 is 10.2 Å². The van der Waals surface area contributed by atoms with Crippen molar-refractivity contribution in [2.45, 2.75) is 33.1 Å². The summed E-state index contributed by atoms with van der Waals surface area (Å²) in [7, 11) is 0. The molecule has 0 radical (unpaired) electrons. The van der Waals surface area contributed by atoms with Crippen molar-refractivity contribution in [3.05, 3.63) is 34.4 Å². The number of hydrogen-bond acceptors (Lipinski definition) is 2. The van der Waals surface area contributed by atoms with Gasteiger partial charge in [0.2, 0.25) is 0 Å². The van der Waals surface area contributed by atoms with Crippen LogP contribution >= 0.6 is 0 Å². The largest absolute Gasteiger partial charge is 0.478 e. The van der Waals surface area contributed by atoms with Crippen molar-refractivity contribution in [3.8, 4) is 0 Å². The van der Waals surface area contributed by atoms with E-state index < -0.39 is 11.9 Å². The third-order valence-corrected chi connectivity index (χ3v) is 2.80. The van der Waals surface area contributed by atoms with Gasteiger partial charge in [0.15, 0.2) is 0 Å². The predicted octanol–water partition coefficient (Wildman–Crippen LogP) is 2.73. The van der Waals surface area contributed by atoms with E-state index in [1.54, 1.807) is 13.0 Å². The Kier molecular flexibility index (Phi) is 4.26. The fourth-order valence-corrected chi connectivity index (χ4v) is 1.87. The molecule has 0 bridgehead atoms. The first-order valence-corrected chi connectivity index (χ1v) is 5.58. The number of benzene rings is 1. The summed E-state index contributed by atoms with van der Waals surface area (Å²) in [6.07, 6.45) is 2.53. The van der Waals surface area contributed by atoms with Crippen LogP contribution in [0.15, 0.2) is 12.1 Å². The van der Waals surface area contributed by atoms with Crippen LogP contribution in [0.2, 0.25) is 0 Å². The molecule has 0 atom stereocenters. The van der Waals surface area contributed by atoms with Gasteiger partial charge in [-0.3, -0.25) is 0 Å². The Labute approximate surface area is 99.9 Å². The second kappa shape index (κ2) is 5.48. The summed E-state index contributed by atoms with van der Waals surface area (Å²) in [6, 6.07) is 3.09. The molecule has 0 unspecified atom stereocenters. The summed E-state index contributed by atoms with van der Waals surface area (Å²) in [4.78, 5) is 22.1. The normalized spacial score (nSPS) is 10.2. The monoisotopic (exact) mass is 236 g/mol. The van der Waals surface area contributed by atoms with E-state index in [9.17, 15) is 9.59 Å². The molecule has 1 aromatic rings. The van der Waals surface area contributed by atoms with Gasteiger partial charge in [-0.05, 0) is 37.0 Å². The van der Waals surface area contributed by atoms with Crippen molar-refractivity contribution in [2.75, 3.05) is 0 Å². The average Bonchev–Trinajstić information content (AvgIpc) is 2.25. The maximum absolute atomic E-state index is 11.2. The second-order valence-corrected chi connectivity index (χ2v) is 3.99. The lowest BCUT2D eigenvalue weighted by Gasteiger charge is -2.11. The third-order valence-electron chi connectivity index (χ3n) is 2.80. The Hall–Kier alpha value is -1.84. The van der Waals surface area contributed by atoms with Crippen LogP contribution in [0, 0.1) is 6.92 Å². The zero-order chi connectivity index (χ0) is 13.0. The maximum Gasteiger partial charge on any atom is 0.336 e. The molecule has 2 N–H and O–H groups in total. The molecule has 0 amide bonds. The lowest BCUT2D eigenvalue weighted by atomic mass is 9.94. The number of hydrogen-bond donors (Lipinski definition) is 2. The van der Waals surface area contributed by atoms with Crippen LogP contribution in [-0.4, -0.2) is 22.2 Å². The Morgan fingerprint density at radius 1 is 1.18 bits per heavy atom. The first kappa shape index (κ1) is 13.2. The third kappa shape index (κ3) is 2.84. The Bertz CT molecular complexity index is 449. The zero-order valence-corrected chi connectivity index (χ0v) is 9.99. The van der Waals surface area contributed by atoms with Crippen LogP contribution < -0.4 is 0 Å². The van der Waals surface area contributed by atoms with Gasteiger partial charge in [-0.2, -0.15) is 0 Å². The van der Waals surface area contributed by atoms with E-state index in [1.165, 1.54) is 6.07 Å². The summed E-state index contributed by atoms with van der Waals surface area (Å²) in [6.45, 7) is 3.57. The van der Waals surface area contributed by atoms with Crippen LogP contribution in [0.5, 0.6) is 0 Å². The van der Waals surface area contributed by atoms with Crippen LogP contribution in [-0.2, 0) is 6.42 Å². The molecule has 17 heavy (non-hydrogen) atoms. The minimum atomic E-state index is -1.09. The van der Waals surface area contributed by atoms with Crippen molar-refractivity contribution in [1.82, 2.24) is 0 Å². The minimum absolute atomic E-state index is 0.0580. The maximum atomic E-state index is 11.2. The molecule has 0 fully saturated rings. The van der Waals surface area contributed by atoms with E-state index in [2.05, 4.69) is 0 Å². The molecule has 4 nitrogen and oxygen atoms in total. The average molecular weight is 236 g/mol. The van der Waals surface area contributed by atoms with Gasteiger partial charge in [0.25, 0.3) is 0 Å². The molecule has 0 aromatic heterocycles. The van der Waals surface area contributed by atoms with Gasteiger partial charge in [0.05, 0.1) is 11.1 Å². The molecule has 0 aliphatic heterocycles. The SMILES string of the molecule is CCCCc1ccc(C(=O)O)c(C)c1C(=O)O. The van der Waals surface area contributed by atoms with Gasteiger partial charge in [-0.1, -0.05) is 19.4 Å². The van der Waals surface area contributed by atoms with E-state index in [4.69, 9.17) is 10.2 Å². The number of aromatic carboxylic acids is 2. The van der Waals surface area contributed by atoms with E-state index >= 15 is 0 Å². The fourth-order valence-electron chi connectivity index (χ4n) is 1.87. The molecule has 92 valence electrons. The van der Waals surface area contributed by atoms with Crippen molar-refractivity contribution < 1.29 is 19.8 Å². The van der Waals surface area contributed by atoms with Crippen LogP contribution in [0.1, 0.15) is 51.6 Å². The highest BCUT2D eigenvalue weighted by Gasteiger charge is 2.18. The van der Waals surface area contributed by atoms with E-state index in [0.29, 0.717) is 17.5 Å². The molecule has 0 saturated carbocycles. The second-order valence-electron chi connectivity index (χ2n) is 3.99. The number of unbranched alkanes of at least 4 members (excludes halogenated alkanes) is 1. The molecule has 0 aliphatic rings. The molecule has 4 heteroatoms. The number of carboxylic acids is 2. The topological polar surface area (TPSA) is 74.6 Å². The lowest BCUT2D eigenvalue weighted by Crippen LogP contribution is -2.10. The van der Waals surface area contributed by atoms with Gasteiger partial charge in [0, 0.05) is 0 Å². The number of carbonyl (C=O) groups is 2. The van der Waals surface area contributed by atoms with Crippen molar-refractivity contribution in [2.24, 2.45) is 0 Å². The van der Waals surface area contributed by atoms with Crippen LogP contribution in [0.3, 0.4) is 0 Å².